The van der Waals surface area contributed by atoms with E-state index in [0.29, 0.717) is 12.1 Å². The first-order valence-electron chi connectivity index (χ1n) is 3.31. The first kappa shape index (κ1) is 12.2. The Labute approximate surface area is 93.0 Å². The zero-order chi connectivity index (χ0) is 11.8. The molecule has 0 unspecified atom stereocenters. The molecule has 0 atom stereocenters. The number of benzene rings is 1. The lowest BCUT2D eigenvalue weighted by Crippen LogP contribution is -1.97. The topological polar surface area (TPSA) is 77.3 Å². The first-order valence-corrected chi connectivity index (χ1v) is 6.00. The number of nitro benzene ring substituents is 1. The van der Waals surface area contributed by atoms with E-state index >= 15 is 0 Å². The Kier molecular flexibility index (Phi) is 3.17. The fourth-order valence-corrected chi connectivity index (χ4v) is 1.77. The van der Waals surface area contributed by atoms with E-state index in [4.69, 9.17) is 22.3 Å². The van der Waals surface area contributed by atoms with E-state index in [9.17, 15) is 22.9 Å². The van der Waals surface area contributed by atoms with Crippen LogP contribution in [0.4, 0.5) is 10.1 Å². The second-order valence-corrected chi connectivity index (χ2v) is 5.38. The highest BCUT2D eigenvalue weighted by molar-refractivity contribution is 8.13. The van der Waals surface area contributed by atoms with Crippen LogP contribution < -0.4 is 0 Å². The Morgan fingerprint density at radius 2 is 1.93 bits per heavy atom. The average molecular weight is 274 g/mol. The molecule has 82 valence electrons. The number of nitrogens with zero attached hydrogens (tertiary/aromatic N) is 1. The molecule has 0 aromatic heterocycles. The van der Waals surface area contributed by atoms with Gasteiger partial charge in [0.05, 0.1) is 9.82 Å². The normalized spacial score (nSPS) is 11.4. The highest BCUT2D eigenvalue weighted by atomic mass is 35.7. The lowest BCUT2D eigenvalue weighted by molar-refractivity contribution is -0.385. The van der Waals surface area contributed by atoms with Gasteiger partial charge in [0.2, 0.25) is 0 Å². The van der Waals surface area contributed by atoms with Crippen LogP contribution in [-0.2, 0) is 9.05 Å². The van der Waals surface area contributed by atoms with Gasteiger partial charge in [-0.1, -0.05) is 11.6 Å². The van der Waals surface area contributed by atoms with Crippen LogP contribution in [0.5, 0.6) is 0 Å². The smallest absolute Gasteiger partial charge is 0.258 e. The number of hydrogen-bond donors (Lipinski definition) is 0. The third kappa shape index (κ3) is 2.55. The van der Waals surface area contributed by atoms with Crippen molar-refractivity contribution >= 4 is 37.0 Å². The molecule has 0 bridgehead atoms. The standard InChI is InChI=1S/C6H2Cl2FNO4S/c7-6-4(9)1-3(15(8,13)14)2-5(6)10(11)12/h1-2H. The highest BCUT2D eigenvalue weighted by Crippen LogP contribution is 2.31. The second kappa shape index (κ2) is 3.92. The van der Waals surface area contributed by atoms with Crippen LogP contribution in [0.3, 0.4) is 0 Å². The van der Waals surface area contributed by atoms with E-state index in [0.717, 1.165) is 0 Å². The molecular formula is C6H2Cl2FNO4S. The molecule has 0 aliphatic carbocycles. The fraction of sp³-hybridized carbons (Fsp3) is 0. The quantitative estimate of drug-likeness (QED) is 0.471. The maximum atomic E-state index is 13.0. The SMILES string of the molecule is O=[N+]([O-])c1cc(S(=O)(=O)Cl)cc(F)c1Cl. The molecule has 1 aromatic carbocycles. The van der Waals surface area contributed by atoms with Crippen LogP contribution >= 0.6 is 22.3 Å². The van der Waals surface area contributed by atoms with Gasteiger partial charge in [-0.2, -0.15) is 0 Å². The summed E-state index contributed by atoms with van der Waals surface area (Å²) in [6, 6.07) is 1.10. The third-order valence-electron chi connectivity index (χ3n) is 1.46. The van der Waals surface area contributed by atoms with Gasteiger partial charge in [0, 0.05) is 16.7 Å². The minimum atomic E-state index is -4.23. The van der Waals surface area contributed by atoms with Crippen molar-refractivity contribution in [1.29, 1.82) is 0 Å². The van der Waals surface area contributed by atoms with Crippen molar-refractivity contribution in [3.8, 4) is 0 Å². The summed E-state index contributed by atoms with van der Waals surface area (Å²) in [5.41, 5.74) is -0.851. The molecule has 0 aliphatic heterocycles. The number of rotatable bonds is 2. The van der Waals surface area contributed by atoms with Crippen molar-refractivity contribution in [2.24, 2.45) is 0 Å². The van der Waals surface area contributed by atoms with Gasteiger partial charge in [0.1, 0.15) is 5.82 Å². The molecule has 1 rings (SSSR count). The zero-order valence-electron chi connectivity index (χ0n) is 6.78. The summed E-state index contributed by atoms with van der Waals surface area (Å²) in [6.07, 6.45) is 0. The lowest BCUT2D eigenvalue weighted by atomic mass is 10.3. The van der Waals surface area contributed by atoms with Crippen molar-refractivity contribution < 1.29 is 17.7 Å². The Bertz CT molecular complexity index is 530. The van der Waals surface area contributed by atoms with Gasteiger partial charge in [0.15, 0.2) is 5.02 Å². The number of hydrogen-bond acceptors (Lipinski definition) is 4. The van der Waals surface area contributed by atoms with Crippen LogP contribution in [0, 0.1) is 15.9 Å². The van der Waals surface area contributed by atoms with Gasteiger partial charge >= 0.3 is 0 Å². The van der Waals surface area contributed by atoms with Gasteiger partial charge in [-0.15, -0.1) is 0 Å². The van der Waals surface area contributed by atoms with Gasteiger partial charge in [0.25, 0.3) is 14.7 Å². The first-order chi connectivity index (χ1) is 6.73. The molecule has 15 heavy (non-hydrogen) atoms. The Balaban J connectivity index is 3.57. The monoisotopic (exact) mass is 273 g/mol. The lowest BCUT2D eigenvalue weighted by Gasteiger charge is -1.99. The van der Waals surface area contributed by atoms with E-state index < -0.39 is 35.4 Å². The van der Waals surface area contributed by atoms with E-state index in [1.165, 1.54) is 0 Å². The molecule has 0 saturated heterocycles. The summed E-state index contributed by atoms with van der Waals surface area (Å²) >= 11 is 5.26. The predicted octanol–water partition coefficient (Wildman–Crippen LogP) is 2.31. The van der Waals surface area contributed by atoms with Gasteiger partial charge in [-0.3, -0.25) is 10.1 Å². The highest BCUT2D eigenvalue weighted by Gasteiger charge is 2.22. The van der Waals surface area contributed by atoms with Crippen LogP contribution in [0.1, 0.15) is 0 Å². The average Bonchev–Trinajstić information content (AvgIpc) is 2.06. The summed E-state index contributed by atoms with van der Waals surface area (Å²) in [4.78, 5) is 8.66. The van der Waals surface area contributed by atoms with Crippen molar-refractivity contribution in [2.45, 2.75) is 4.90 Å². The molecule has 0 fully saturated rings. The van der Waals surface area contributed by atoms with Gasteiger partial charge in [-0.05, 0) is 6.07 Å². The van der Waals surface area contributed by atoms with Crippen molar-refractivity contribution in [1.82, 2.24) is 0 Å². The Morgan fingerprint density at radius 1 is 1.40 bits per heavy atom. The summed E-state index contributed by atoms with van der Waals surface area (Å²) in [6.45, 7) is 0. The zero-order valence-corrected chi connectivity index (χ0v) is 9.11. The molecule has 0 heterocycles. The number of halogens is 3. The summed E-state index contributed by atoms with van der Waals surface area (Å²) in [5.74, 6) is -1.22. The predicted molar refractivity (Wildman–Crippen MR) is 51.1 cm³/mol. The molecule has 0 saturated carbocycles. The Morgan fingerprint density at radius 3 is 2.33 bits per heavy atom. The molecule has 0 radical (unpaired) electrons. The van der Waals surface area contributed by atoms with Gasteiger partial charge < -0.3 is 0 Å². The maximum Gasteiger partial charge on any atom is 0.292 e. The Hall–Kier alpha value is -0.920. The molecule has 0 amide bonds. The molecule has 5 nitrogen and oxygen atoms in total. The van der Waals surface area contributed by atoms with E-state index in [-0.39, 0.29) is 0 Å². The van der Waals surface area contributed by atoms with Crippen LogP contribution in [0.2, 0.25) is 5.02 Å². The molecule has 1 aromatic rings. The second-order valence-electron chi connectivity index (χ2n) is 2.43. The summed E-state index contributed by atoms with van der Waals surface area (Å²) in [5, 5.41) is 9.61. The molecule has 9 heteroatoms. The van der Waals surface area contributed by atoms with Crippen molar-refractivity contribution in [3.63, 3.8) is 0 Å². The minimum Gasteiger partial charge on any atom is -0.258 e. The summed E-state index contributed by atoms with van der Waals surface area (Å²) < 4.78 is 34.6. The van der Waals surface area contributed by atoms with Gasteiger partial charge in [-0.25, -0.2) is 12.8 Å². The minimum absolute atomic E-state index is 0.512. The van der Waals surface area contributed by atoms with E-state index in [1.54, 1.807) is 0 Å². The summed E-state index contributed by atoms with van der Waals surface area (Å²) in [7, 11) is 0.670. The van der Waals surface area contributed by atoms with Crippen LogP contribution in [0.15, 0.2) is 17.0 Å². The fourth-order valence-electron chi connectivity index (χ4n) is 0.824. The van der Waals surface area contributed by atoms with Crippen LogP contribution in [0.25, 0.3) is 0 Å². The molecule has 0 spiro atoms. The maximum absolute atomic E-state index is 13.0. The largest absolute Gasteiger partial charge is 0.292 e. The molecule has 0 aliphatic rings. The van der Waals surface area contributed by atoms with E-state index in [1.807, 2.05) is 0 Å². The van der Waals surface area contributed by atoms with Crippen LogP contribution in [-0.4, -0.2) is 13.3 Å². The third-order valence-corrected chi connectivity index (χ3v) is 3.17. The molecule has 0 N–H and O–H groups in total. The molecular weight excluding hydrogens is 272 g/mol. The van der Waals surface area contributed by atoms with Crippen molar-refractivity contribution in [3.05, 3.63) is 33.1 Å². The number of nitro groups is 1. The van der Waals surface area contributed by atoms with Crippen molar-refractivity contribution in [2.75, 3.05) is 0 Å². The van der Waals surface area contributed by atoms with E-state index in [2.05, 4.69) is 0 Å².